The van der Waals surface area contributed by atoms with Gasteiger partial charge in [0.25, 0.3) is 5.91 Å². The summed E-state index contributed by atoms with van der Waals surface area (Å²) in [5, 5.41) is 3.55. The minimum atomic E-state index is -0.626. The van der Waals surface area contributed by atoms with Crippen LogP contribution in [0.3, 0.4) is 0 Å². The second-order valence-corrected chi connectivity index (χ2v) is 6.57. The highest BCUT2D eigenvalue weighted by atomic mass is 35.5. The highest BCUT2D eigenvalue weighted by molar-refractivity contribution is 7.98. The molecule has 1 amide bonds. The van der Waals surface area contributed by atoms with Gasteiger partial charge in [-0.15, -0.1) is 11.8 Å². The molecule has 26 heavy (non-hydrogen) atoms. The maximum atomic E-state index is 12.4. The van der Waals surface area contributed by atoms with Gasteiger partial charge in [0.05, 0.1) is 16.8 Å². The van der Waals surface area contributed by atoms with Crippen LogP contribution in [-0.4, -0.2) is 29.7 Å². The fourth-order valence-electron chi connectivity index (χ4n) is 2.46. The molecule has 0 radical (unpaired) electrons. The van der Waals surface area contributed by atoms with E-state index < -0.39 is 18.5 Å². The second kappa shape index (κ2) is 8.21. The van der Waals surface area contributed by atoms with Crippen LogP contribution in [0.4, 0.5) is 5.69 Å². The zero-order valence-corrected chi connectivity index (χ0v) is 15.4. The lowest BCUT2D eigenvalue weighted by Crippen LogP contribution is -2.21. The van der Waals surface area contributed by atoms with Crippen molar-refractivity contribution in [1.29, 1.82) is 0 Å². The van der Waals surface area contributed by atoms with Crippen molar-refractivity contribution >= 4 is 51.8 Å². The molecule has 0 bridgehead atoms. The number of amides is 1. The van der Waals surface area contributed by atoms with Crippen LogP contribution in [0.1, 0.15) is 10.4 Å². The fraction of sp³-hybridized carbons (Fsp3) is 0.105. The molecule has 1 heterocycles. The summed E-state index contributed by atoms with van der Waals surface area (Å²) in [6, 6.07) is 15.9. The van der Waals surface area contributed by atoms with Crippen LogP contribution in [0.5, 0.6) is 0 Å². The van der Waals surface area contributed by atoms with Gasteiger partial charge in [0.1, 0.15) is 5.15 Å². The summed E-state index contributed by atoms with van der Waals surface area (Å²) < 4.78 is 5.15. The Bertz CT molecular complexity index is 978. The molecular weight excluding hydrogens is 372 g/mol. The first-order valence-corrected chi connectivity index (χ1v) is 9.34. The van der Waals surface area contributed by atoms with Crippen molar-refractivity contribution in [2.24, 2.45) is 0 Å². The van der Waals surface area contributed by atoms with Gasteiger partial charge < -0.3 is 10.1 Å². The molecule has 3 aromatic rings. The third-order valence-corrected chi connectivity index (χ3v) is 4.61. The minimum absolute atomic E-state index is 0.189. The molecule has 0 fully saturated rings. The lowest BCUT2D eigenvalue weighted by molar-refractivity contribution is -0.119. The Kier molecular flexibility index (Phi) is 5.75. The van der Waals surface area contributed by atoms with Crippen LogP contribution in [0, 0.1) is 0 Å². The van der Waals surface area contributed by atoms with Gasteiger partial charge in [-0.05, 0) is 30.5 Å². The van der Waals surface area contributed by atoms with Crippen LogP contribution >= 0.6 is 23.4 Å². The van der Waals surface area contributed by atoms with Crippen LogP contribution < -0.4 is 5.32 Å². The second-order valence-electron chi connectivity index (χ2n) is 5.33. The molecule has 0 atom stereocenters. The summed E-state index contributed by atoms with van der Waals surface area (Å²) in [7, 11) is 0. The van der Waals surface area contributed by atoms with Gasteiger partial charge in [-0.3, -0.25) is 4.79 Å². The highest BCUT2D eigenvalue weighted by Gasteiger charge is 2.16. The van der Waals surface area contributed by atoms with Crippen LogP contribution in [0.15, 0.2) is 59.5 Å². The number of hydrogen-bond acceptors (Lipinski definition) is 5. The fourth-order valence-corrected chi connectivity index (χ4v) is 3.21. The molecule has 132 valence electrons. The van der Waals surface area contributed by atoms with Gasteiger partial charge in [-0.25, -0.2) is 9.78 Å². The van der Waals surface area contributed by atoms with Gasteiger partial charge >= 0.3 is 5.97 Å². The number of pyridine rings is 1. The summed E-state index contributed by atoms with van der Waals surface area (Å²) >= 11 is 7.49. The standard InChI is InChI=1S/C19H15ClN2O3S/c1-26-16-9-5-4-8-15(16)22-18(23)11-25-19(24)13-10-17(20)21-14-7-3-2-6-12(13)14/h2-10H,11H2,1H3,(H,22,23). The van der Waals surface area contributed by atoms with Crippen LogP contribution in [0.25, 0.3) is 10.9 Å². The summed E-state index contributed by atoms with van der Waals surface area (Å²) in [5.74, 6) is -1.04. The monoisotopic (exact) mass is 386 g/mol. The van der Waals surface area contributed by atoms with Crippen molar-refractivity contribution in [3.8, 4) is 0 Å². The molecule has 0 aliphatic rings. The molecule has 0 spiro atoms. The molecule has 7 heteroatoms. The average Bonchev–Trinajstić information content (AvgIpc) is 2.65. The first-order chi connectivity index (χ1) is 12.6. The number of rotatable bonds is 5. The van der Waals surface area contributed by atoms with Crippen molar-refractivity contribution < 1.29 is 14.3 Å². The van der Waals surface area contributed by atoms with E-state index >= 15 is 0 Å². The Balaban J connectivity index is 1.70. The van der Waals surface area contributed by atoms with E-state index in [4.69, 9.17) is 16.3 Å². The van der Waals surface area contributed by atoms with E-state index in [9.17, 15) is 9.59 Å². The zero-order chi connectivity index (χ0) is 18.5. The summed E-state index contributed by atoms with van der Waals surface area (Å²) in [6.45, 7) is -0.393. The summed E-state index contributed by atoms with van der Waals surface area (Å²) in [6.07, 6.45) is 1.92. The van der Waals surface area contributed by atoms with Crippen molar-refractivity contribution in [3.63, 3.8) is 0 Å². The van der Waals surface area contributed by atoms with Crippen molar-refractivity contribution in [1.82, 2.24) is 4.98 Å². The van der Waals surface area contributed by atoms with Crippen molar-refractivity contribution in [2.75, 3.05) is 18.2 Å². The van der Waals surface area contributed by atoms with Gasteiger partial charge in [0.2, 0.25) is 0 Å². The number of aromatic nitrogens is 1. The number of fused-ring (bicyclic) bond motifs is 1. The van der Waals surface area contributed by atoms with E-state index in [0.29, 0.717) is 16.6 Å². The molecule has 0 saturated heterocycles. The first kappa shape index (κ1) is 18.2. The zero-order valence-electron chi connectivity index (χ0n) is 13.9. The third-order valence-electron chi connectivity index (χ3n) is 3.62. The maximum absolute atomic E-state index is 12.4. The number of carbonyl (C=O) groups is 2. The topological polar surface area (TPSA) is 68.3 Å². The predicted octanol–water partition coefficient (Wildman–Crippen LogP) is 4.41. The van der Waals surface area contributed by atoms with Gasteiger partial charge in [0.15, 0.2) is 6.61 Å². The van der Waals surface area contributed by atoms with Crippen LogP contribution in [0.2, 0.25) is 5.15 Å². The quantitative estimate of drug-likeness (QED) is 0.399. The number of para-hydroxylation sites is 2. The smallest absolute Gasteiger partial charge is 0.339 e. The SMILES string of the molecule is CSc1ccccc1NC(=O)COC(=O)c1cc(Cl)nc2ccccc12. The van der Waals surface area contributed by atoms with Crippen LogP contribution in [-0.2, 0) is 9.53 Å². The van der Waals surface area contributed by atoms with Gasteiger partial charge in [0, 0.05) is 10.3 Å². The number of esters is 1. The highest BCUT2D eigenvalue weighted by Crippen LogP contribution is 2.25. The number of nitrogens with one attached hydrogen (secondary N) is 1. The lowest BCUT2D eigenvalue weighted by atomic mass is 10.1. The van der Waals surface area contributed by atoms with Crippen molar-refractivity contribution in [3.05, 3.63) is 65.3 Å². The van der Waals surface area contributed by atoms with Gasteiger partial charge in [-0.1, -0.05) is 41.9 Å². The molecule has 3 rings (SSSR count). The summed E-state index contributed by atoms with van der Waals surface area (Å²) in [4.78, 5) is 29.6. The number of hydrogen-bond donors (Lipinski definition) is 1. The van der Waals surface area contributed by atoms with E-state index in [-0.39, 0.29) is 10.7 Å². The average molecular weight is 387 g/mol. The molecule has 0 aliphatic heterocycles. The van der Waals surface area contributed by atoms with Gasteiger partial charge in [-0.2, -0.15) is 0 Å². The van der Waals surface area contributed by atoms with E-state index in [2.05, 4.69) is 10.3 Å². The van der Waals surface area contributed by atoms with E-state index in [1.54, 1.807) is 30.3 Å². The molecule has 1 N–H and O–H groups in total. The molecule has 0 aliphatic carbocycles. The Hall–Kier alpha value is -2.57. The Morgan fingerprint density at radius 2 is 1.88 bits per heavy atom. The van der Waals surface area contributed by atoms with Crippen molar-refractivity contribution in [2.45, 2.75) is 4.90 Å². The first-order valence-electron chi connectivity index (χ1n) is 7.74. The number of nitrogens with zero attached hydrogens (tertiary/aromatic N) is 1. The number of benzene rings is 2. The molecule has 0 unspecified atom stereocenters. The Labute approximate surface area is 159 Å². The molecule has 5 nitrogen and oxygen atoms in total. The number of thioether (sulfide) groups is 1. The number of carbonyl (C=O) groups excluding carboxylic acids is 2. The van der Waals surface area contributed by atoms with E-state index in [1.165, 1.54) is 17.8 Å². The molecular formula is C19H15ClN2O3S. The molecule has 0 saturated carbocycles. The largest absolute Gasteiger partial charge is 0.452 e. The minimum Gasteiger partial charge on any atom is -0.452 e. The Morgan fingerprint density at radius 1 is 1.15 bits per heavy atom. The predicted molar refractivity (Wildman–Crippen MR) is 104 cm³/mol. The summed E-state index contributed by atoms with van der Waals surface area (Å²) in [5.41, 5.74) is 1.54. The van der Waals surface area contributed by atoms with E-state index in [0.717, 1.165) is 4.90 Å². The number of halogens is 1. The van der Waals surface area contributed by atoms with E-state index in [1.807, 2.05) is 24.5 Å². The normalized spacial score (nSPS) is 10.5. The third kappa shape index (κ3) is 4.15. The number of ether oxygens (including phenoxy) is 1. The Morgan fingerprint density at radius 3 is 2.69 bits per heavy atom. The molecule has 1 aromatic heterocycles. The molecule has 2 aromatic carbocycles. The lowest BCUT2D eigenvalue weighted by Gasteiger charge is -2.10. The number of anilines is 1. The maximum Gasteiger partial charge on any atom is 0.339 e.